The van der Waals surface area contributed by atoms with E-state index >= 15 is 0 Å². The molecule has 6 heteroatoms. The molecule has 18 heavy (non-hydrogen) atoms. The van der Waals surface area contributed by atoms with Gasteiger partial charge in [0.2, 0.25) is 0 Å². The van der Waals surface area contributed by atoms with Crippen molar-refractivity contribution in [2.75, 3.05) is 18.1 Å². The first-order valence-electron chi connectivity index (χ1n) is 6.67. The third-order valence-corrected chi connectivity index (χ3v) is 5.04. The lowest BCUT2D eigenvalue weighted by Gasteiger charge is -2.13. The summed E-state index contributed by atoms with van der Waals surface area (Å²) in [5.41, 5.74) is 0. The van der Waals surface area contributed by atoms with E-state index in [9.17, 15) is 8.42 Å². The molecule has 1 rings (SSSR count). The molecule has 0 amide bonds. The Morgan fingerprint density at radius 3 is 2.67 bits per heavy atom. The van der Waals surface area contributed by atoms with Crippen LogP contribution in [0.4, 0.5) is 0 Å². The van der Waals surface area contributed by atoms with Gasteiger partial charge < -0.3 is 10.1 Å². The van der Waals surface area contributed by atoms with Gasteiger partial charge in [0, 0.05) is 6.04 Å². The number of sulfone groups is 1. The average Bonchev–Trinajstić information content (AvgIpc) is 2.63. The molecule has 1 fully saturated rings. The lowest BCUT2D eigenvalue weighted by Crippen LogP contribution is -2.35. The van der Waals surface area contributed by atoms with Crippen molar-refractivity contribution in [3.8, 4) is 0 Å². The number of nitrogens with one attached hydrogen (secondary N) is 1. The van der Waals surface area contributed by atoms with E-state index in [1.807, 2.05) is 0 Å². The molecule has 0 bridgehead atoms. The second kappa shape index (κ2) is 7.94. The Kier molecular flexibility index (Phi) is 6.92. The maximum atomic E-state index is 11.3. The number of hydrogen-bond donors (Lipinski definition) is 1. The van der Waals surface area contributed by atoms with E-state index in [0.29, 0.717) is 18.2 Å². The lowest BCUT2D eigenvalue weighted by molar-refractivity contribution is 0.283. The van der Waals surface area contributed by atoms with Crippen molar-refractivity contribution in [3.05, 3.63) is 0 Å². The van der Waals surface area contributed by atoms with Gasteiger partial charge in [-0.25, -0.2) is 8.42 Å². The molecule has 0 saturated carbocycles. The highest BCUT2D eigenvalue weighted by Gasteiger charge is 2.28. The summed E-state index contributed by atoms with van der Waals surface area (Å²) in [7, 11) is -2.85. The third kappa shape index (κ3) is 6.54. The third-order valence-electron chi connectivity index (χ3n) is 3.04. The second-order valence-corrected chi connectivity index (χ2v) is 7.39. The molecule has 1 N–H and O–H groups in total. The first-order valence-corrected chi connectivity index (χ1v) is 8.90. The van der Waals surface area contributed by atoms with Gasteiger partial charge in [-0.3, -0.25) is 0 Å². The fourth-order valence-corrected chi connectivity index (χ4v) is 3.91. The quantitative estimate of drug-likeness (QED) is 0.575. The largest absolute Gasteiger partial charge is 0.471 e. The Morgan fingerprint density at radius 1 is 1.33 bits per heavy atom. The zero-order valence-electron chi connectivity index (χ0n) is 11.0. The summed E-state index contributed by atoms with van der Waals surface area (Å²) in [6, 6.07) is -0.0670. The van der Waals surface area contributed by atoms with Crippen LogP contribution in [0, 0.1) is 0 Å². The predicted octanol–water partition coefficient (Wildman–Crippen LogP) is 2.04. The molecule has 4 nitrogen and oxygen atoms in total. The molecule has 0 aliphatic carbocycles. The predicted molar refractivity (Wildman–Crippen MR) is 77.5 cm³/mol. The lowest BCUT2D eigenvalue weighted by atomic mass is 10.2. The molecule has 1 aliphatic heterocycles. The molecular formula is C12H23NO3S2. The summed E-state index contributed by atoms with van der Waals surface area (Å²) in [6.07, 6.45) is 6.53. The zero-order chi connectivity index (χ0) is 13.4. The fourth-order valence-electron chi connectivity index (χ4n) is 1.99. The maximum absolute atomic E-state index is 11.3. The van der Waals surface area contributed by atoms with Gasteiger partial charge in [-0.2, -0.15) is 0 Å². The fraction of sp³-hybridized carbons (Fsp3) is 0.917. The molecule has 0 aromatic carbocycles. The number of hydrogen-bond acceptors (Lipinski definition) is 4. The Bertz CT molecular complexity index is 354. The molecule has 106 valence electrons. The standard InChI is InChI=1S/C12H23NO3S2/c1-2-3-4-5-6-8-16-12(17)13-11-7-9-18(14,15)10-11/h11H,2-10H2,1H3,(H,13,17). The van der Waals surface area contributed by atoms with Crippen LogP contribution >= 0.6 is 12.2 Å². The van der Waals surface area contributed by atoms with Crippen LogP contribution in [0.2, 0.25) is 0 Å². The Morgan fingerprint density at radius 2 is 2.06 bits per heavy atom. The van der Waals surface area contributed by atoms with Gasteiger partial charge in [0.25, 0.3) is 5.17 Å². The van der Waals surface area contributed by atoms with Crippen molar-refractivity contribution in [2.24, 2.45) is 0 Å². The monoisotopic (exact) mass is 293 g/mol. The van der Waals surface area contributed by atoms with Crippen LogP contribution in [0.1, 0.15) is 45.4 Å². The minimum absolute atomic E-state index is 0.0670. The Hall–Kier alpha value is -0.360. The van der Waals surface area contributed by atoms with Gasteiger partial charge in [0.15, 0.2) is 9.84 Å². The highest BCUT2D eigenvalue weighted by Crippen LogP contribution is 2.11. The number of thiocarbonyl (C=S) groups is 1. The first-order chi connectivity index (χ1) is 8.53. The molecule has 0 aromatic rings. The molecule has 1 unspecified atom stereocenters. The van der Waals surface area contributed by atoms with E-state index in [4.69, 9.17) is 17.0 Å². The SMILES string of the molecule is CCCCCCCOC(=S)NC1CCS(=O)(=O)C1. The van der Waals surface area contributed by atoms with Gasteiger partial charge in [-0.1, -0.05) is 32.6 Å². The summed E-state index contributed by atoms with van der Waals surface area (Å²) < 4.78 is 27.9. The first kappa shape index (κ1) is 15.7. The number of unbranched alkanes of at least 4 members (excludes halogenated alkanes) is 4. The van der Waals surface area contributed by atoms with Gasteiger partial charge >= 0.3 is 0 Å². The van der Waals surface area contributed by atoms with E-state index in [1.54, 1.807) is 0 Å². The van der Waals surface area contributed by atoms with Crippen LogP contribution in [0.15, 0.2) is 0 Å². The van der Waals surface area contributed by atoms with Crippen LogP contribution in [-0.2, 0) is 14.6 Å². The smallest absolute Gasteiger partial charge is 0.256 e. The normalized spacial score (nSPS) is 21.7. The van der Waals surface area contributed by atoms with Crippen LogP contribution < -0.4 is 5.32 Å². The summed E-state index contributed by atoms with van der Waals surface area (Å²) in [4.78, 5) is 0. The van der Waals surface area contributed by atoms with Crippen molar-refractivity contribution < 1.29 is 13.2 Å². The zero-order valence-corrected chi connectivity index (χ0v) is 12.6. The summed E-state index contributed by atoms with van der Waals surface area (Å²) in [5, 5.41) is 3.31. The van der Waals surface area contributed by atoms with Crippen molar-refractivity contribution in [1.82, 2.24) is 5.32 Å². The molecule has 1 heterocycles. The van der Waals surface area contributed by atoms with Crippen molar-refractivity contribution >= 4 is 27.2 Å². The van der Waals surface area contributed by atoms with Crippen molar-refractivity contribution in [2.45, 2.75) is 51.5 Å². The molecular weight excluding hydrogens is 270 g/mol. The van der Waals surface area contributed by atoms with E-state index in [0.717, 1.165) is 12.8 Å². The molecule has 1 aliphatic rings. The van der Waals surface area contributed by atoms with Gasteiger partial charge in [-0.05, 0) is 25.1 Å². The number of ether oxygens (including phenoxy) is 1. The van der Waals surface area contributed by atoms with Crippen molar-refractivity contribution in [3.63, 3.8) is 0 Å². The van der Waals surface area contributed by atoms with Crippen LogP contribution in [-0.4, -0.2) is 37.7 Å². The van der Waals surface area contributed by atoms with Gasteiger partial charge in [0.1, 0.15) is 0 Å². The number of rotatable bonds is 7. The molecule has 1 saturated heterocycles. The Balaban J connectivity index is 2.04. The van der Waals surface area contributed by atoms with Gasteiger partial charge in [-0.15, -0.1) is 0 Å². The Labute approximate surface area is 115 Å². The van der Waals surface area contributed by atoms with Crippen LogP contribution in [0.25, 0.3) is 0 Å². The molecule has 0 spiro atoms. The summed E-state index contributed by atoms with van der Waals surface area (Å²) in [5.74, 6) is 0.428. The van der Waals surface area contributed by atoms with Crippen molar-refractivity contribution in [1.29, 1.82) is 0 Å². The van der Waals surface area contributed by atoms with Gasteiger partial charge in [0.05, 0.1) is 18.1 Å². The maximum Gasteiger partial charge on any atom is 0.256 e. The second-order valence-electron chi connectivity index (χ2n) is 4.79. The minimum Gasteiger partial charge on any atom is -0.471 e. The van der Waals surface area contributed by atoms with E-state index in [-0.39, 0.29) is 17.5 Å². The topological polar surface area (TPSA) is 55.4 Å². The van der Waals surface area contributed by atoms with E-state index < -0.39 is 9.84 Å². The molecule has 0 radical (unpaired) electrons. The molecule has 0 aromatic heterocycles. The summed E-state index contributed by atoms with van der Waals surface area (Å²) in [6.45, 7) is 2.81. The summed E-state index contributed by atoms with van der Waals surface area (Å²) >= 11 is 5.04. The highest BCUT2D eigenvalue weighted by atomic mass is 32.2. The van der Waals surface area contributed by atoms with E-state index in [2.05, 4.69) is 12.2 Å². The van der Waals surface area contributed by atoms with E-state index in [1.165, 1.54) is 19.3 Å². The highest BCUT2D eigenvalue weighted by molar-refractivity contribution is 7.91. The molecule has 1 atom stereocenters. The van der Waals surface area contributed by atoms with Crippen LogP contribution in [0.5, 0.6) is 0 Å². The average molecular weight is 293 g/mol. The minimum atomic E-state index is -2.85. The van der Waals surface area contributed by atoms with Crippen LogP contribution in [0.3, 0.4) is 0 Å².